The first-order valence-electron chi connectivity index (χ1n) is 9.04. The lowest BCUT2D eigenvalue weighted by Crippen LogP contribution is -2.43. The molecule has 130 valence electrons. The lowest BCUT2D eigenvalue weighted by Gasteiger charge is -2.30. The Morgan fingerprint density at radius 2 is 1.71 bits per heavy atom. The van der Waals surface area contributed by atoms with E-state index in [1.54, 1.807) is 0 Å². The normalized spacial score (nSPS) is 24.3. The molecule has 1 aromatic carbocycles. The van der Waals surface area contributed by atoms with Crippen molar-refractivity contribution in [3.8, 4) is 0 Å². The fourth-order valence-corrected chi connectivity index (χ4v) is 3.71. The molecule has 0 saturated heterocycles. The van der Waals surface area contributed by atoms with E-state index < -0.39 is 6.09 Å². The van der Waals surface area contributed by atoms with Crippen molar-refractivity contribution in [2.24, 2.45) is 5.92 Å². The van der Waals surface area contributed by atoms with Gasteiger partial charge >= 0.3 is 6.09 Å². The van der Waals surface area contributed by atoms with E-state index in [0.717, 1.165) is 50.6 Å². The van der Waals surface area contributed by atoms with Crippen LogP contribution in [-0.4, -0.2) is 24.1 Å². The van der Waals surface area contributed by atoms with Crippen molar-refractivity contribution >= 4 is 17.7 Å². The summed E-state index contributed by atoms with van der Waals surface area (Å²) in [6, 6.07) is 9.41. The van der Waals surface area contributed by atoms with Crippen LogP contribution in [0.3, 0.4) is 0 Å². The quantitative estimate of drug-likeness (QED) is 0.881. The van der Waals surface area contributed by atoms with Gasteiger partial charge in [-0.25, -0.2) is 4.79 Å². The molecule has 2 saturated carbocycles. The summed E-state index contributed by atoms with van der Waals surface area (Å²) in [4.78, 5) is 24.3. The first-order valence-corrected chi connectivity index (χ1v) is 9.04. The molecule has 24 heavy (non-hydrogen) atoms. The van der Waals surface area contributed by atoms with Gasteiger partial charge in [0.15, 0.2) is 0 Å². The van der Waals surface area contributed by atoms with Crippen LogP contribution in [0, 0.1) is 5.92 Å². The van der Waals surface area contributed by atoms with Crippen molar-refractivity contribution in [2.75, 3.05) is 5.32 Å². The van der Waals surface area contributed by atoms with E-state index in [1.807, 2.05) is 30.3 Å². The summed E-state index contributed by atoms with van der Waals surface area (Å²) in [5, 5.41) is 5.90. The maximum Gasteiger partial charge on any atom is 0.411 e. The van der Waals surface area contributed by atoms with Gasteiger partial charge in [0.25, 0.3) is 0 Å². The van der Waals surface area contributed by atoms with Crippen molar-refractivity contribution in [3.63, 3.8) is 0 Å². The molecule has 2 atom stereocenters. The molecule has 2 amide bonds. The molecule has 3 rings (SSSR count). The Balaban J connectivity index is 1.44. The highest BCUT2D eigenvalue weighted by atomic mass is 16.6. The number of amides is 2. The standard InChI is InChI=1S/C19H26N2O3/c22-18(14-7-4-5-8-14)20-16-11-6-12-17(13-16)24-19(23)21-15-9-2-1-3-10-15/h1-3,9-10,14,16-17H,4-8,11-13H2,(H,20,22)(H,21,23). The zero-order valence-electron chi connectivity index (χ0n) is 14.0. The maximum atomic E-state index is 12.3. The maximum absolute atomic E-state index is 12.3. The predicted molar refractivity (Wildman–Crippen MR) is 92.7 cm³/mol. The summed E-state index contributed by atoms with van der Waals surface area (Å²) in [5.41, 5.74) is 0.726. The zero-order valence-corrected chi connectivity index (χ0v) is 14.0. The van der Waals surface area contributed by atoms with E-state index in [0.29, 0.717) is 6.42 Å². The Bertz CT molecular complexity index is 555. The van der Waals surface area contributed by atoms with Crippen LogP contribution in [-0.2, 0) is 9.53 Å². The van der Waals surface area contributed by atoms with Crippen molar-refractivity contribution in [1.82, 2.24) is 5.32 Å². The smallest absolute Gasteiger partial charge is 0.411 e. The number of hydrogen-bond donors (Lipinski definition) is 2. The Morgan fingerprint density at radius 3 is 2.46 bits per heavy atom. The molecule has 1 aromatic rings. The molecule has 5 nitrogen and oxygen atoms in total. The second-order valence-corrected chi connectivity index (χ2v) is 6.87. The van der Waals surface area contributed by atoms with Crippen molar-refractivity contribution in [2.45, 2.75) is 63.5 Å². The molecule has 0 aliphatic heterocycles. The summed E-state index contributed by atoms with van der Waals surface area (Å²) in [6.07, 6.45) is 7.30. The van der Waals surface area contributed by atoms with Gasteiger partial charge in [0.1, 0.15) is 6.10 Å². The topological polar surface area (TPSA) is 67.4 Å². The number of hydrogen-bond acceptors (Lipinski definition) is 3. The number of carbonyl (C=O) groups excluding carboxylic acids is 2. The molecule has 2 fully saturated rings. The number of nitrogens with one attached hydrogen (secondary N) is 2. The van der Waals surface area contributed by atoms with Gasteiger partial charge in [-0.3, -0.25) is 10.1 Å². The van der Waals surface area contributed by atoms with Crippen molar-refractivity contribution in [3.05, 3.63) is 30.3 Å². The molecule has 2 N–H and O–H groups in total. The van der Waals surface area contributed by atoms with Crippen LogP contribution in [0.2, 0.25) is 0 Å². The van der Waals surface area contributed by atoms with Gasteiger partial charge in [0, 0.05) is 24.1 Å². The molecule has 5 heteroatoms. The SMILES string of the molecule is O=C(Nc1ccccc1)OC1CCCC(NC(=O)C2CCCC2)C1. The van der Waals surface area contributed by atoms with Crippen LogP contribution in [0.25, 0.3) is 0 Å². The predicted octanol–water partition coefficient (Wildman–Crippen LogP) is 3.85. The first-order chi connectivity index (χ1) is 11.7. The fourth-order valence-electron chi connectivity index (χ4n) is 3.71. The summed E-state index contributed by atoms with van der Waals surface area (Å²) < 4.78 is 5.53. The third kappa shape index (κ3) is 4.73. The highest BCUT2D eigenvalue weighted by Gasteiger charge is 2.29. The summed E-state index contributed by atoms with van der Waals surface area (Å²) in [6.45, 7) is 0. The molecular formula is C19H26N2O3. The van der Waals surface area contributed by atoms with E-state index in [2.05, 4.69) is 10.6 Å². The van der Waals surface area contributed by atoms with E-state index in [4.69, 9.17) is 4.74 Å². The van der Waals surface area contributed by atoms with Crippen molar-refractivity contribution < 1.29 is 14.3 Å². The summed E-state index contributed by atoms with van der Waals surface area (Å²) in [5.74, 6) is 0.375. The Kier molecular flexibility index (Phi) is 5.72. The number of rotatable bonds is 4. The minimum Gasteiger partial charge on any atom is -0.446 e. The molecule has 0 aromatic heterocycles. The Labute approximate surface area is 143 Å². The molecule has 2 unspecified atom stereocenters. The lowest BCUT2D eigenvalue weighted by molar-refractivity contribution is -0.125. The third-order valence-electron chi connectivity index (χ3n) is 4.99. The van der Waals surface area contributed by atoms with Crippen LogP contribution in [0.15, 0.2) is 30.3 Å². The number of para-hydroxylation sites is 1. The fraction of sp³-hybridized carbons (Fsp3) is 0.579. The molecule has 0 radical (unpaired) electrons. The van der Waals surface area contributed by atoms with Crippen LogP contribution in [0.5, 0.6) is 0 Å². The van der Waals surface area contributed by atoms with E-state index >= 15 is 0 Å². The van der Waals surface area contributed by atoms with Gasteiger partial charge in [0.2, 0.25) is 5.91 Å². The minimum atomic E-state index is -0.422. The van der Waals surface area contributed by atoms with E-state index in [1.165, 1.54) is 0 Å². The monoisotopic (exact) mass is 330 g/mol. The third-order valence-corrected chi connectivity index (χ3v) is 4.99. The molecule has 0 heterocycles. The molecule has 0 spiro atoms. The van der Waals surface area contributed by atoms with Crippen LogP contribution in [0.1, 0.15) is 51.4 Å². The lowest BCUT2D eigenvalue weighted by atomic mass is 9.92. The van der Waals surface area contributed by atoms with Crippen LogP contribution >= 0.6 is 0 Å². The highest BCUT2D eigenvalue weighted by Crippen LogP contribution is 2.27. The van der Waals surface area contributed by atoms with Gasteiger partial charge in [-0.1, -0.05) is 31.0 Å². The average Bonchev–Trinajstić information content (AvgIpc) is 3.10. The molecular weight excluding hydrogens is 304 g/mol. The van der Waals surface area contributed by atoms with Crippen molar-refractivity contribution in [1.29, 1.82) is 0 Å². The largest absolute Gasteiger partial charge is 0.446 e. The molecule has 0 bridgehead atoms. The number of ether oxygens (including phenoxy) is 1. The van der Waals surface area contributed by atoms with Gasteiger partial charge in [-0.2, -0.15) is 0 Å². The van der Waals surface area contributed by atoms with Crippen LogP contribution in [0.4, 0.5) is 10.5 Å². The van der Waals surface area contributed by atoms with E-state index in [-0.39, 0.29) is 24.0 Å². The second kappa shape index (κ2) is 8.18. The number of carbonyl (C=O) groups is 2. The van der Waals surface area contributed by atoms with E-state index in [9.17, 15) is 9.59 Å². The van der Waals surface area contributed by atoms with Gasteiger partial charge < -0.3 is 10.1 Å². The second-order valence-electron chi connectivity index (χ2n) is 6.87. The van der Waals surface area contributed by atoms with Crippen LogP contribution < -0.4 is 10.6 Å². The van der Waals surface area contributed by atoms with Gasteiger partial charge in [0.05, 0.1) is 0 Å². The minimum absolute atomic E-state index is 0.126. The average molecular weight is 330 g/mol. The summed E-state index contributed by atoms with van der Waals surface area (Å²) in [7, 11) is 0. The van der Waals surface area contributed by atoms with Gasteiger partial charge in [-0.15, -0.1) is 0 Å². The number of benzene rings is 1. The number of anilines is 1. The summed E-state index contributed by atoms with van der Waals surface area (Å²) >= 11 is 0. The highest BCUT2D eigenvalue weighted by molar-refractivity contribution is 5.84. The molecule has 2 aliphatic rings. The zero-order chi connectivity index (χ0) is 16.8. The van der Waals surface area contributed by atoms with Gasteiger partial charge in [-0.05, 0) is 44.2 Å². The Morgan fingerprint density at radius 1 is 0.958 bits per heavy atom. The first kappa shape index (κ1) is 16.8. The molecule has 2 aliphatic carbocycles. The Hall–Kier alpha value is -2.04.